The molecule has 0 aliphatic rings. The Hall–Kier alpha value is -9.50. The van der Waals surface area contributed by atoms with Gasteiger partial charge in [0.1, 0.15) is 0 Å². The Morgan fingerprint density at radius 1 is 0.250 bits per heavy atom. The maximum atomic E-state index is 2.41. The van der Waals surface area contributed by atoms with Crippen LogP contribution in [0.4, 0.5) is 17.1 Å². The number of hydrogen-bond acceptors (Lipinski definition) is 1. The predicted molar refractivity (Wildman–Crippen MR) is 306 cm³/mol. The van der Waals surface area contributed by atoms with E-state index in [4.69, 9.17) is 0 Å². The summed E-state index contributed by atoms with van der Waals surface area (Å²) in [5.74, 6) is 0. The molecule has 2 heteroatoms. The first-order valence-corrected chi connectivity index (χ1v) is 24.7. The number of rotatable bonds is 10. The standard InChI is InChI=1S/C70H48N2/c1-5-19-49(20-6-1)51-35-40-60(41-36-51)71(68-44-39-55(50-21-7-2-8-22-50)48-66(68)54-23-9-3-10-24-54)61-42-37-52(38-43-61)56-45-57(63-31-17-26-53-25-13-14-29-62(53)63)47-58(46-56)64-32-18-34-69-70(64)65-30-15-16-33-67(65)72(69)59-27-11-4-12-28-59/h1-48H. The SMILES string of the molecule is c1ccc(-c2ccc(N(c3ccc(-c4cc(-c5cccc6ccccc56)cc(-c5cccc6c5c5ccccc5n6-c5ccccc5)c4)cc3)c3ccc(-c4ccccc4)cc3-c3ccccc3)cc2)cc1. The van der Waals surface area contributed by atoms with E-state index in [1.807, 2.05) is 0 Å². The molecule has 338 valence electrons. The first-order chi connectivity index (χ1) is 35.7. The summed E-state index contributed by atoms with van der Waals surface area (Å²) >= 11 is 0. The lowest BCUT2D eigenvalue weighted by Crippen LogP contribution is -2.11. The molecular formula is C70H48N2. The smallest absolute Gasteiger partial charge is 0.0547 e. The van der Waals surface area contributed by atoms with Gasteiger partial charge < -0.3 is 9.47 Å². The van der Waals surface area contributed by atoms with Crippen molar-refractivity contribution >= 4 is 49.6 Å². The highest BCUT2D eigenvalue weighted by Crippen LogP contribution is 2.45. The topological polar surface area (TPSA) is 8.17 Å². The lowest BCUT2D eigenvalue weighted by atomic mass is 9.90. The van der Waals surface area contributed by atoms with Gasteiger partial charge in [-0.1, -0.05) is 212 Å². The minimum Gasteiger partial charge on any atom is -0.310 e. The molecule has 1 aromatic heterocycles. The molecule has 0 spiro atoms. The molecule has 0 saturated heterocycles. The molecule has 13 rings (SSSR count). The number of benzene rings is 12. The van der Waals surface area contributed by atoms with Crippen LogP contribution in [0.3, 0.4) is 0 Å². The van der Waals surface area contributed by atoms with Gasteiger partial charge in [-0.25, -0.2) is 0 Å². The minimum absolute atomic E-state index is 1.07. The monoisotopic (exact) mass is 916 g/mol. The highest BCUT2D eigenvalue weighted by atomic mass is 15.1. The van der Waals surface area contributed by atoms with Crippen LogP contribution in [0.2, 0.25) is 0 Å². The lowest BCUT2D eigenvalue weighted by Gasteiger charge is -2.29. The van der Waals surface area contributed by atoms with Gasteiger partial charge in [-0.15, -0.1) is 0 Å². The number of nitrogens with zero attached hydrogens (tertiary/aromatic N) is 2. The van der Waals surface area contributed by atoms with Crippen molar-refractivity contribution < 1.29 is 0 Å². The number of hydrogen-bond donors (Lipinski definition) is 0. The summed E-state index contributed by atoms with van der Waals surface area (Å²) in [4.78, 5) is 2.41. The van der Waals surface area contributed by atoms with Crippen LogP contribution < -0.4 is 4.90 Å². The molecule has 13 aromatic rings. The summed E-state index contributed by atoms with van der Waals surface area (Å²) in [6.45, 7) is 0. The van der Waals surface area contributed by atoms with E-state index in [1.165, 1.54) is 77.1 Å². The normalized spacial score (nSPS) is 11.3. The molecule has 0 N–H and O–H groups in total. The third-order valence-electron chi connectivity index (χ3n) is 14.2. The maximum absolute atomic E-state index is 2.41. The highest BCUT2D eigenvalue weighted by molar-refractivity contribution is 6.16. The van der Waals surface area contributed by atoms with Gasteiger partial charge in [-0.2, -0.15) is 0 Å². The second-order valence-electron chi connectivity index (χ2n) is 18.5. The molecule has 0 bridgehead atoms. The number of fused-ring (bicyclic) bond motifs is 4. The number of aromatic nitrogens is 1. The van der Waals surface area contributed by atoms with Crippen molar-refractivity contribution in [3.05, 3.63) is 291 Å². The van der Waals surface area contributed by atoms with E-state index in [2.05, 4.69) is 301 Å². The first kappa shape index (κ1) is 42.6. The zero-order chi connectivity index (χ0) is 47.8. The van der Waals surface area contributed by atoms with Crippen molar-refractivity contribution in [2.45, 2.75) is 0 Å². The van der Waals surface area contributed by atoms with Crippen molar-refractivity contribution in [2.24, 2.45) is 0 Å². The molecule has 0 aliphatic heterocycles. The second-order valence-corrected chi connectivity index (χ2v) is 18.5. The van der Waals surface area contributed by atoms with E-state index >= 15 is 0 Å². The van der Waals surface area contributed by atoms with Crippen LogP contribution in [-0.4, -0.2) is 4.57 Å². The predicted octanol–water partition coefficient (Wildman–Crippen LogP) is 19.4. The largest absolute Gasteiger partial charge is 0.310 e. The Morgan fingerprint density at radius 2 is 0.708 bits per heavy atom. The van der Waals surface area contributed by atoms with Crippen molar-refractivity contribution in [3.63, 3.8) is 0 Å². The summed E-state index contributed by atoms with van der Waals surface area (Å²) in [6.07, 6.45) is 0. The van der Waals surface area contributed by atoms with E-state index in [0.717, 1.165) is 45.0 Å². The minimum atomic E-state index is 1.07. The van der Waals surface area contributed by atoms with E-state index in [9.17, 15) is 0 Å². The Balaban J connectivity index is 0.990. The van der Waals surface area contributed by atoms with E-state index in [1.54, 1.807) is 0 Å². The molecule has 0 aliphatic carbocycles. The summed E-state index contributed by atoms with van der Waals surface area (Å²) in [5, 5.41) is 4.94. The van der Waals surface area contributed by atoms with Gasteiger partial charge in [0.05, 0.1) is 16.7 Å². The van der Waals surface area contributed by atoms with E-state index in [0.29, 0.717) is 0 Å². The van der Waals surface area contributed by atoms with Crippen LogP contribution in [0.1, 0.15) is 0 Å². The fourth-order valence-electron chi connectivity index (χ4n) is 10.8. The Morgan fingerprint density at radius 3 is 1.39 bits per heavy atom. The van der Waals surface area contributed by atoms with Gasteiger partial charge in [0.2, 0.25) is 0 Å². The summed E-state index contributed by atoms with van der Waals surface area (Å²) in [7, 11) is 0. The van der Waals surface area contributed by atoms with Crippen molar-refractivity contribution in [3.8, 4) is 72.4 Å². The van der Waals surface area contributed by atoms with Gasteiger partial charge in [0.15, 0.2) is 0 Å². The summed E-state index contributed by atoms with van der Waals surface area (Å²) in [5.41, 5.74) is 20.9. The maximum Gasteiger partial charge on any atom is 0.0547 e. The zero-order valence-electron chi connectivity index (χ0n) is 39.6. The third kappa shape index (κ3) is 7.82. The molecule has 12 aromatic carbocycles. The quantitative estimate of drug-likeness (QED) is 0.133. The molecule has 0 saturated carbocycles. The molecule has 0 unspecified atom stereocenters. The van der Waals surface area contributed by atoms with Gasteiger partial charge in [0, 0.05) is 33.4 Å². The van der Waals surface area contributed by atoms with Gasteiger partial charge >= 0.3 is 0 Å². The van der Waals surface area contributed by atoms with Crippen LogP contribution in [0.25, 0.3) is 105 Å². The lowest BCUT2D eigenvalue weighted by molar-refractivity contribution is 1.18. The Kier molecular flexibility index (Phi) is 10.9. The van der Waals surface area contributed by atoms with E-state index in [-0.39, 0.29) is 0 Å². The molecule has 2 nitrogen and oxygen atoms in total. The van der Waals surface area contributed by atoms with Crippen LogP contribution in [0, 0.1) is 0 Å². The summed E-state index contributed by atoms with van der Waals surface area (Å²) < 4.78 is 2.40. The van der Waals surface area contributed by atoms with Crippen LogP contribution in [-0.2, 0) is 0 Å². The molecule has 1 heterocycles. The fourth-order valence-corrected chi connectivity index (χ4v) is 10.8. The summed E-state index contributed by atoms with van der Waals surface area (Å²) in [6, 6.07) is 106. The molecule has 0 atom stereocenters. The Labute approximate surface area is 420 Å². The zero-order valence-corrected chi connectivity index (χ0v) is 39.6. The average Bonchev–Trinajstić information content (AvgIpc) is 3.81. The molecular weight excluding hydrogens is 869 g/mol. The number of anilines is 3. The fraction of sp³-hybridized carbons (Fsp3) is 0. The van der Waals surface area contributed by atoms with E-state index < -0.39 is 0 Å². The van der Waals surface area contributed by atoms with Gasteiger partial charge in [-0.05, 0) is 151 Å². The first-order valence-electron chi connectivity index (χ1n) is 24.7. The average molecular weight is 917 g/mol. The van der Waals surface area contributed by atoms with Crippen LogP contribution in [0.5, 0.6) is 0 Å². The molecule has 0 fully saturated rings. The van der Waals surface area contributed by atoms with Crippen LogP contribution in [0.15, 0.2) is 291 Å². The van der Waals surface area contributed by atoms with Gasteiger partial charge in [0.25, 0.3) is 0 Å². The second kappa shape index (κ2) is 18.4. The Bertz CT molecular complexity index is 4040. The molecule has 0 radical (unpaired) electrons. The molecule has 0 amide bonds. The highest BCUT2D eigenvalue weighted by Gasteiger charge is 2.21. The third-order valence-corrected chi connectivity index (χ3v) is 14.2. The molecule has 72 heavy (non-hydrogen) atoms. The van der Waals surface area contributed by atoms with Crippen LogP contribution >= 0.6 is 0 Å². The van der Waals surface area contributed by atoms with Crippen molar-refractivity contribution in [2.75, 3.05) is 4.90 Å². The van der Waals surface area contributed by atoms with Crippen molar-refractivity contribution in [1.29, 1.82) is 0 Å². The van der Waals surface area contributed by atoms with Gasteiger partial charge in [-0.3, -0.25) is 0 Å². The number of para-hydroxylation sites is 2. The van der Waals surface area contributed by atoms with Crippen molar-refractivity contribution in [1.82, 2.24) is 4.57 Å².